The van der Waals surface area contributed by atoms with E-state index in [0.717, 1.165) is 5.69 Å². The van der Waals surface area contributed by atoms with Crippen molar-refractivity contribution in [2.24, 2.45) is 5.92 Å². The lowest BCUT2D eigenvalue weighted by Crippen LogP contribution is -2.36. The van der Waals surface area contributed by atoms with Crippen LogP contribution in [0.5, 0.6) is 0 Å². The van der Waals surface area contributed by atoms with Crippen LogP contribution < -0.4 is 10.2 Å². The number of aliphatic hydroxyl groups excluding tert-OH is 1. The summed E-state index contributed by atoms with van der Waals surface area (Å²) >= 11 is 6.12. The SMILES string of the molecule is CC(C)CNC(=O)CN(C)c1ccc(C(C)O)c(Cl)c1. The number of benzene rings is 1. The first-order valence-corrected chi connectivity index (χ1v) is 7.14. The van der Waals surface area contributed by atoms with Crippen LogP contribution in [-0.2, 0) is 4.79 Å². The van der Waals surface area contributed by atoms with E-state index in [-0.39, 0.29) is 12.5 Å². The zero-order valence-corrected chi connectivity index (χ0v) is 13.2. The van der Waals surface area contributed by atoms with E-state index >= 15 is 0 Å². The molecule has 0 heterocycles. The van der Waals surface area contributed by atoms with Crippen molar-refractivity contribution in [1.82, 2.24) is 5.32 Å². The molecule has 2 N–H and O–H groups in total. The first-order valence-electron chi connectivity index (χ1n) is 6.76. The van der Waals surface area contributed by atoms with Crippen molar-refractivity contribution >= 4 is 23.2 Å². The monoisotopic (exact) mass is 298 g/mol. The van der Waals surface area contributed by atoms with Crippen LogP contribution in [0.1, 0.15) is 32.4 Å². The third kappa shape index (κ3) is 5.02. The average Bonchev–Trinajstić information content (AvgIpc) is 2.35. The van der Waals surface area contributed by atoms with Gasteiger partial charge in [-0.25, -0.2) is 0 Å². The molecule has 1 unspecified atom stereocenters. The molecule has 0 spiro atoms. The van der Waals surface area contributed by atoms with E-state index in [0.29, 0.717) is 23.0 Å². The molecule has 112 valence electrons. The van der Waals surface area contributed by atoms with Crippen LogP contribution in [0.4, 0.5) is 5.69 Å². The second kappa shape index (κ2) is 7.50. The molecule has 0 aliphatic rings. The van der Waals surface area contributed by atoms with Crippen molar-refractivity contribution in [1.29, 1.82) is 0 Å². The number of amides is 1. The van der Waals surface area contributed by atoms with Gasteiger partial charge in [0.05, 0.1) is 12.6 Å². The van der Waals surface area contributed by atoms with Crippen LogP contribution in [-0.4, -0.2) is 31.2 Å². The second-order valence-corrected chi connectivity index (χ2v) is 5.84. The highest BCUT2D eigenvalue weighted by molar-refractivity contribution is 6.31. The van der Waals surface area contributed by atoms with Gasteiger partial charge in [0.1, 0.15) is 0 Å². The van der Waals surface area contributed by atoms with Gasteiger partial charge in [0.2, 0.25) is 5.91 Å². The van der Waals surface area contributed by atoms with Gasteiger partial charge in [0.25, 0.3) is 0 Å². The predicted octanol–water partition coefficient (Wildman–Crippen LogP) is 2.60. The highest BCUT2D eigenvalue weighted by Crippen LogP contribution is 2.27. The van der Waals surface area contributed by atoms with E-state index in [1.165, 1.54) is 0 Å². The number of rotatable bonds is 6. The topological polar surface area (TPSA) is 52.6 Å². The summed E-state index contributed by atoms with van der Waals surface area (Å²) in [5, 5.41) is 12.9. The minimum absolute atomic E-state index is 0.0167. The predicted molar refractivity (Wildman–Crippen MR) is 83.2 cm³/mol. The average molecular weight is 299 g/mol. The molecule has 20 heavy (non-hydrogen) atoms. The fourth-order valence-electron chi connectivity index (χ4n) is 1.77. The van der Waals surface area contributed by atoms with Gasteiger partial charge in [-0.3, -0.25) is 4.79 Å². The summed E-state index contributed by atoms with van der Waals surface area (Å²) in [6, 6.07) is 5.40. The number of aliphatic hydroxyl groups is 1. The summed E-state index contributed by atoms with van der Waals surface area (Å²) in [6.45, 7) is 6.73. The van der Waals surface area contributed by atoms with Gasteiger partial charge in [-0.1, -0.05) is 31.5 Å². The molecule has 0 aliphatic carbocycles. The number of nitrogens with zero attached hydrogens (tertiary/aromatic N) is 1. The molecule has 0 aliphatic heterocycles. The smallest absolute Gasteiger partial charge is 0.239 e. The van der Waals surface area contributed by atoms with Crippen molar-refractivity contribution < 1.29 is 9.90 Å². The van der Waals surface area contributed by atoms with Gasteiger partial charge in [0, 0.05) is 24.3 Å². The number of anilines is 1. The Morgan fingerprint density at radius 1 is 1.40 bits per heavy atom. The van der Waals surface area contributed by atoms with Gasteiger partial charge in [-0.05, 0) is 30.5 Å². The molecule has 0 radical (unpaired) electrons. The number of halogens is 1. The Morgan fingerprint density at radius 2 is 2.05 bits per heavy atom. The van der Waals surface area contributed by atoms with Gasteiger partial charge in [0.15, 0.2) is 0 Å². The molecule has 0 bridgehead atoms. The Bertz CT molecular complexity index is 461. The number of carbonyl (C=O) groups excluding carboxylic acids is 1. The van der Waals surface area contributed by atoms with Crippen LogP contribution >= 0.6 is 11.6 Å². The molecule has 0 fully saturated rings. The molecule has 0 aromatic heterocycles. The van der Waals surface area contributed by atoms with E-state index in [9.17, 15) is 9.90 Å². The van der Waals surface area contributed by atoms with Crippen LogP contribution in [0, 0.1) is 5.92 Å². The van der Waals surface area contributed by atoms with Crippen LogP contribution in [0.2, 0.25) is 5.02 Å². The third-order valence-corrected chi connectivity index (χ3v) is 3.29. The maximum atomic E-state index is 11.8. The van der Waals surface area contributed by atoms with Crippen molar-refractivity contribution in [2.75, 3.05) is 25.0 Å². The molecule has 1 atom stereocenters. The van der Waals surface area contributed by atoms with E-state index in [2.05, 4.69) is 19.2 Å². The molecule has 1 aromatic carbocycles. The number of likely N-dealkylation sites (N-methyl/N-ethyl adjacent to an activating group) is 1. The zero-order valence-electron chi connectivity index (χ0n) is 12.5. The molecular formula is C15H23ClN2O2. The lowest BCUT2D eigenvalue weighted by Gasteiger charge is -2.20. The van der Waals surface area contributed by atoms with Crippen LogP contribution in [0.15, 0.2) is 18.2 Å². The highest BCUT2D eigenvalue weighted by atomic mass is 35.5. The van der Waals surface area contributed by atoms with Gasteiger partial charge < -0.3 is 15.3 Å². The fourth-order valence-corrected chi connectivity index (χ4v) is 2.11. The Balaban J connectivity index is 2.66. The minimum Gasteiger partial charge on any atom is -0.389 e. The lowest BCUT2D eigenvalue weighted by molar-refractivity contribution is -0.119. The second-order valence-electron chi connectivity index (χ2n) is 5.44. The molecule has 4 nitrogen and oxygen atoms in total. The molecule has 0 saturated carbocycles. The molecule has 1 rings (SSSR count). The minimum atomic E-state index is -0.601. The number of hydrogen-bond acceptors (Lipinski definition) is 3. The molecule has 0 saturated heterocycles. The molecular weight excluding hydrogens is 276 g/mol. The summed E-state index contributed by atoms with van der Waals surface area (Å²) in [4.78, 5) is 13.6. The summed E-state index contributed by atoms with van der Waals surface area (Å²) in [5.41, 5.74) is 1.53. The molecule has 1 amide bonds. The largest absolute Gasteiger partial charge is 0.389 e. The Hall–Kier alpha value is -1.26. The summed E-state index contributed by atoms with van der Waals surface area (Å²) in [6.07, 6.45) is -0.601. The Kier molecular flexibility index (Phi) is 6.30. The van der Waals surface area contributed by atoms with E-state index in [1.807, 2.05) is 18.0 Å². The van der Waals surface area contributed by atoms with E-state index < -0.39 is 6.10 Å². The first kappa shape index (κ1) is 16.8. The van der Waals surface area contributed by atoms with Crippen molar-refractivity contribution in [2.45, 2.75) is 26.9 Å². The number of nitrogens with one attached hydrogen (secondary N) is 1. The summed E-state index contributed by atoms with van der Waals surface area (Å²) in [5.74, 6) is 0.418. The van der Waals surface area contributed by atoms with Crippen molar-refractivity contribution in [3.05, 3.63) is 28.8 Å². The highest BCUT2D eigenvalue weighted by Gasteiger charge is 2.11. The fraction of sp³-hybridized carbons (Fsp3) is 0.533. The normalized spacial score (nSPS) is 12.3. The van der Waals surface area contributed by atoms with Gasteiger partial charge in [-0.2, -0.15) is 0 Å². The van der Waals surface area contributed by atoms with Crippen molar-refractivity contribution in [3.8, 4) is 0 Å². The molecule has 1 aromatic rings. The third-order valence-electron chi connectivity index (χ3n) is 2.96. The quantitative estimate of drug-likeness (QED) is 0.849. The van der Waals surface area contributed by atoms with Crippen molar-refractivity contribution in [3.63, 3.8) is 0 Å². The zero-order chi connectivity index (χ0) is 15.3. The van der Waals surface area contributed by atoms with Gasteiger partial charge in [-0.15, -0.1) is 0 Å². The summed E-state index contributed by atoms with van der Waals surface area (Å²) in [7, 11) is 1.84. The standard InChI is InChI=1S/C15H23ClN2O2/c1-10(2)8-17-15(20)9-18(4)12-5-6-13(11(3)19)14(16)7-12/h5-7,10-11,19H,8-9H2,1-4H3,(H,17,20). The Labute approximate surface area is 125 Å². The van der Waals surface area contributed by atoms with E-state index in [1.54, 1.807) is 19.1 Å². The van der Waals surface area contributed by atoms with Crippen LogP contribution in [0.25, 0.3) is 0 Å². The Morgan fingerprint density at radius 3 is 2.55 bits per heavy atom. The maximum absolute atomic E-state index is 11.8. The number of carbonyl (C=O) groups is 1. The first-order chi connectivity index (χ1) is 9.31. The molecule has 5 heteroatoms. The summed E-state index contributed by atoms with van der Waals surface area (Å²) < 4.78 is 0. The van der Waals surface area contributed by atoms with E-state index in [4.69, 9.17) is 11.6 Å². The van der Waals surface area contributed by atoms with Gasteiger partial charge >= 0.3 is 0 Å². The maximum Gasteiger partial charge on any atom is 0.239 e. The number of hydrogen-bond donors (Lipinski definition) is 2. The lowest BCUT2D eigenvalue weighted by atomic mass is 10.1. The van der Waals surface area contributed by atoms with Crippen LogP contribution in [0.3, 0.4) is 0 Å².